The van der Waals surface area contributed by atoms with E-state index >= 15 is 0 Å². The van der Waals surface area contributed by atoms with Gasteiger partial charge in [-0.3, -0.25) is 0 Å². The molecule has 9 atom stereocenters. The largest absolute Gasteiger partial charge is 0.394 e. The maximum absolute atomic E-state index is 9.90. The Morgan fingerprint density at radius 1 is 0.955 bits per heavy atom. The molecule has 2 rings (SSSR count). The molecule has 129 valence electrons. The summed E-state index contributed by atoms with van der Waals surface area (Å²) in [6, 6.07) is 0. The summed E-state index contributed by atoms with van der Waals surface area (Å²) < 4.78 is 15.3. The Morgan fingerprint density at radius 3 is 2.09 bits per heavy atom. The number of rotatable bonds is 4. The van der Waals surface area contributed by atoms with E-state index in [-0.39, 0.29) is 0 Å². The first kappa shape index (κ1) is 17.9. The highest BCUT2D eigenvalue weighted by Gasteiger charge is 2.54. The van der Waals surface area contributed by atoms with Crippen LogP contribution in [0.2, 0.25) is 0 Å². The molecule has 0 saturated carbocycles. The Labute approximate surface area is 126 Å². The van der Waals surface area contributed by atoms with E-state index in [1.165, 1.54) is 0 Å². The van der Waals surface area contributed by atoms with Gasteiger partial charge in [-0.25, -0.2) is 0 Å². The standard InChI is InChI=1S/C12H21O10/c1-12(19)10(18)9(5(3-14)22-12)21-11-8(17)7(16)6(15)4(2-13)20-11/h4-11,13-19H,1-3H2/t4?,5?,6?,7?,8?,9?,10?,11?,12-/m0/s1. The molecule has 22 heavy (non-hydrogen) atoms. The van der Waals surface area contributed by atoms with Gasteiger partial charge in [-0.05, 0) is 0 Å². The summed E-state index contributed by atoms with van der Waals surface area (Å²) in [5, 5.41) is 67.1. The number of aliphatic hydroxyl groups excluding tert-OH is 6. The first-order valence-electron chi connectivity index (χ1n) is 6.73. The van der Waals surface area contributed by atoms with Crippen molar-refractivity contribution in [3.8, 4) is 0 Å². The molecule has 2 aliphatic rings. The van der Waals surface area contributed by atoms with Crippen LogP contribution < -0.4 is 0 Å². The molecule has 0 spiro atoms. The van der Waals surface area contributed by atoms with Gasteiger partial charge < -0.3 is 50.0 Å². The van der Waals surface area contributed by atoms with Crippen LogP contribution >= 0.6 is 0 Å². The van der Waals surface area contributed by atoms with Crippen LogP contribution in [0, 0.1) is 6.92 Å². The Hall–Kier alpha value is -0.400. The van der Waals surface area contributed by atoms with Crippen molar-refractivity contribution >= 4 is 0 Å². The van der Waals surface area contributed by atoms with E-state index in [2.05, 4.69) is 6.92 Å². The van der Waals surface area contributed by atoms with Crippen molar-refractivity contribution < 1.29 is 50.0 Å². The van der Waals surface area contributed by atoms with Crippen LogP contribution in [0.25, 0.3) is 0 Å². The van der Waals surface area contributed by atoms with E-state index in [0.717, 1.165) is 0 Å². The summed E-state index contributed by atoms with van der Waals surface area (Å²) in [7, 11) is 0. The van der Waals surface area contributed by atoms with E-state index in [4.69, 9.17) is 19.3 Å². The lowest BCUT2D eigenvalue weighted by atomic mass is 9.99. The van der Waals surface area contributed by atoms with E-state index < -0.39 is 68.0 Å². The second kappa shape index (κ2) is 6.61. The molecule has 8 unspecified atom stereocenters. The van der Waals surface area contributed by atoms with Crippen LogP contribution in [0.15, 0.2) is 0 Å². The van der Waals surface area contributed by atoms with Crippen molar-refractivity contribution in [2.45, 2.75) is 54.8 Å². The van der Waals surface area contributed by atoms with Crippen LogP contribution in [-0.2, 0) is 14.2 Å². The minimum atomic E-state index is -2.22. The first-order valence-corrected chi connectivity index (χ1v) is 6.73. The van der Waals surface area contributed by atoms with Gasteiger partial charge in [-0.1, -0.05) is 0 Å². The van der Waals surface area contributed by atoms with E-state index in [1.807, 2.05) is 0 Å². The predicted octanol–water partition coefficient (Wildman–Crippen LogP) is -4.55. The molecule has 0 aromatic carbocycles. The lowest BCUT2D eigenvalue weighted by Crippen LogP contribution is -2.60. The number of ether oxygens (including phenoxy) is 3. The molecular formula is C12H21O10. The van der Waals surface area contributed by atoms with Gasteiger partial charge in [0.25, 0.3) is 0 Å². The summed E-state index contributed by atoms with van der Waals surface area (Å²) in [5.74, 6) is -2.22. The number of hydrogen-bond donors (Lipinski definition) is 7. The van der Waals surface area contributed by atoms with Crippen molar-refractivity contribution in [1.82, 2.24) is 0 Å². The summed E-state index contributed by atoms with van der Waals surface area (Å²) in [6.45, 7) is 1.97. The molecule has 10 nitrogen and oxygen atoms in total. The van der Waals surface area contributed by atoms with Crippen molar-refractivity contribution in [1.29, 1.82) is 0 Å². The molecule has 0 aliphatic carbocycles. The van der Waals surface area contributed by atoms with Crippen LogP contribution in [0.4, 0.5) is 0 Å². The van der Waals surface area contributed by atoms with Gasteiger partial charge in [0.15, 0.2) is 12.1 Å². The third-order valence-electron chi connectivity index (χ3n) is 3.81. The van der Waals surface area contributed by atoms with E-state index in [1.54, 1.807) is 0 Å². The van der Waals surface area contributed by atoms with Gasteiger partial charge in [0, 0.05) is 6.92 Å². The lowest BCUT2D eigenvalue weighted by Gasteiger charge is -2.41. The number of aliphatic hydroxyl groups is 7. The average Bonchev–Trinajstić information content (AvgIpc) is 2.70. The minimum absolute atomic E-state index is 0.614. The van der Waals surface area contributed by atoms with Gasteiger partial charge in [-0.15, -0.1) is 0 Å². The zero-order chi connectivity index (χ0) is 16.7. The Balaban J connectivity index is 2.11. The van der Waals surface area contributed by atoms with Gasteiger partial charge in [-0.2, -0.15) is 0 Å². The third kappa shape index (κ3) is 3.12. The van der Waals surface area contributed by atoms with E-state index in [0.29, 0.717) is 0 Å². The third-order valence-corrected chi connectivity index (χ3v) is 3.81. The van der Waals surface area contributed by atoms with Gasteiger partial charge in [0.2, 0.25) is 0 Å². The van der Waals surface area contributed by atoms with Gasteiger partial charge in [0.1, 0.15) is 42.7 Å². The first-order chi connectivity index (χ1) is 10.2. The van der Waals surface area contributed by atoms with Gasteiger partial charge >= 0.3 is 0 Å². The van der Waals surface area contributed by atoms with E-state index in [9.17, 15) is 30.6 Å². The molecule has 2 aliphatic heterocycles. The maximum atomic E-state index is 9.90. The molecule has 10 heteroatoms. The Bertz CT molecular complexity index is 375. The maximum Gasteiger partial charge on any atom is 0.195 e. The summed E-state index contributed by atoms with van der Waals surface area (Å²) in [4.78, 5) is 0. The highest BCUT2D eigenvalue weighted by Crippen LogP contribution is 2.33. The average molecular weight is 325 g/mol. The second-order valence-electron chi connectivity index (χ2n) is 5.43. The normalized spacial score (nSPS) is 52.9. The summed E-state index contributed by atoms with van der Waals surface area (Å²) in [5.41, 5.74) is 0. The topological polar surface area (TPSA) is 169 Å². The molecule has 0 aromatic rings. The zero-order valence-corrected chi connectivity index (χ0v) is 11.6. The second-order valence-corrected chi connectivity index (χ2v) is 5.43. The molecular weight excluding hydrogens is 304 g/mol. The minimum Gasteiger partial charge on any atom is -0.394 e. The van der Waals surface area contributed by atoms with Crippen molar-refractivity contribution in [3.05, 3.63) is 6.92 Å². The highest BCUT2D eigenvalue weighted by atomic mass is 16.7. The molecule has 2 fully saturated rings. The molecule has 2 saturated heterocycles. The number of hydrogen-bond acceptors (Lipinski definition) is 10. The summed E-state index contributed by atoms with van der Waals surface area (Å²) >= 11 is 0. The molecule has 0 aromatic heterocycles. The quantitative estimate of drug-likeness (QED) is 0.267. The van der Waals surface area contributed by atoms with Crippen molar-refractivity contribution in [2.75, 3.05) is 13.2 Å². The Morgan fingerprint density at radius 2 is 1.55 bits per heavy atom. The van der Waals surface area contributed by atoms with Crippen LogP contribution in [0.1, 0.15) is 0 Å². The predicted molar refractivity (Wildman–Crippen MR) is 66.9 cm³/mol. The Kier molecular flexibility index (Phi) is 5.39. The lowest BCUT2D eigenvalue weighted by molar-refractivity contribution is -0.318. The summed E-state index contributed by atoms with van der Waals surface area (Å²) in [6.07, 6.45) is -11.7. The molecule has 2 heterocycles. The fourth-order valence-electron chi connectivity index (χ4n) is 2.50. The zero-order valence-electron chi connectivity index (χ0n) is 11.6. The smallest absolute Gasteiger partial charge is 0.195 e. The van der Waals surface area contributed by atoms with Crippen molar-refractivity contribution in [2.24, 2.45) is 0 Å². The molecule has 0 amide bonds. The highest BCUT2D eigenvalue weighted by molar-refractivity contribution is 4.99. The van der Waals surface area contributed by atoms with Crippen molar-refractivity contribution in [3.63, 3.8) is 0 Å². The fraction of sp³-hybridized carbons (Fsp3) is 0.917. The van der Waals surface area contributed by atoms with Crippen LogP contribution in [0.3, 0.4) is 0 Å². The molecule has 7 N–H and O–H groups in total. The molecule has 1 radical (unpaired) electrons. The monoisotopic (exact) mass is 325 g/mol. The van der Waals surface area contributed by atoms with Crippen LogP contribution in [0.5, 0.6) is 0 Å². The fourth-order valence-corrected chi connectivity index (χ4v) is 2.50. The SMILES string of the molecule is [CH2][C@]1(O)OC(CO)C(OC2OC(CO)C(O)C(O)C2O)C1O. The molecule has 0 bridgehead atoms. The van der Waals surface area contributed by atoms with Crippen LogP contribution in [-0.4, -0.2) is 104 Å². The van der Waals surface area contributed by atoms with Gasteiger partial charge in [0.05, 0.1) is 13.2 Å².